The van der Waals surface area contributed by atoms with Crippen LogP contribution in [0.3, 0.4) is 0 Å². The van der Waals surface area contributed by atoms with E-state index in [9.17, 15) is 4.79 Å². The summed E-state index contributed by atoms with van der Waals surface area (Å²) in [5.41, 5.74) is 0. The number of carbonyl (C=O) groups excluding carboxylic acids is 1. The van der Waals surface area contributed by atoms with Crippen LogP contribution in [0, 0.1) is 0 Å². The molecule has 0 unspecified atom stereocenters. The van der Waals surface area contributed by atoms with Gasteiger partial charge in [0.15, 0.2) is 5.82 Å². The maximum atomic E-state index is 11.4. The topological polar surface area (TPSA) is 84.2 Å². The van der Waals surface area contributed by atoms with E-state index in [4.69, 9.17) is 0 Å². The van der Waals surface area contributed by atoms with Crippen LogP contribution >= 0.6 is 11.3 Å². The van der Waals surface area contributed by atoms with Gasteiger partial charge < -0.3 is 10.6 Å². The van der Waals surface area contributed by atoms with Crippen molar-refractivity contribution in [2.24, 2.45) is 0 Å². The van der Waals surface area contributed by atoms with Gasteiger partial charge in [-0.1, -0.05) is 18.3 Å². The van der Waals surface area contributed by atoms with Gasteiger partial charge in [0.05, 0.1) is 0 Å². The summed E-state index contributed by atoms with van der Waals surface area (Å²) in [5.74, 6) is 1.52. The normalized spacial score (nSPS) is 14.7. The zero-order valence-corrected chi connectivity index (χ0v) is 12.2. The van der Waals surface area contributed by atoms with Gasteiger partial charge in [0.1, 0.15) is 5.01 Å². The summed E-state index contributed by atoms with van der Waals surface area (Å²) in [6, 6.07) is -0.117. The molecule has 0 radical (unpaired) electrons. The Bertz CT molecular complexity index is 602. The molecule has 3 rings (SSSR count). The lowest BCUT2D eigenvalue weighted by molar-refractivity contribution is 0.241. The van der Waals surface area contributed by atoms with Gasteiger partial charge in [-0.05, 0) is 19.3 Å². The molecular weight excluding hydrogens is 276 g/mol. The van der Waals surface area contributed by atoms with Crippen LogP contribution in [0.5, 0.6) is 0 Å². The van der Waals surface area contributed by atoms with Crippen LogP contribution in [0.25, 0.3) is 4.96 Å². The molecule has 0 atom stereocenters. The van der Waals surface area contributed by atoms with Crippen LogP contribution < -0.4 is 10.6 Å². The molecule has 2 N–H and O–H groups in total. The van der Waals surface area contributed by atoms with Gasteiger partial charge in [0.2, 0.25) is 4.96 Å². The summed E-state index contributed by atoms with van der Waals surface area (Å²) in [4.78, 5) is 12.2. The molecular formula is C12H18N6OS. The quantitative estimate of drug-likeness (QED) is 0.841. The highest BCUT2D eigenvalue weighted by Gasteiger charge is 2.29. The molecule has 7 nitrogen and oxygen atoms in total. The number of hydrogen-bond donors (Lipinski definition) is 2. The highest BCUT2D eigenvalue weighted by Crippen LogP contribution is 2.39. The summed E-state index contributed by atoms with van der Waals surface area (Å²) in [6.45, 7) is 3.31. The van der Waals surface area contributed by atoms with Gasteiger partial charge in [-0.2, -0.15) is 9.61 Å². The first kappa shape index (κ1) is 13.3. The molecule has 0 aliphatic heterocycles. The Labute approximate surface area is 120 Å². The van der Waals surface area contributed by atoms with E-state index >= 15 is 0 Å². The molecule has 2 amide bonds. The van der Waals surface area contributed by atoms with E-state index < -0.39 is 0 Å². The molecule has 0 aromatic carbocycles. The highest BCUT2D eigenvalue weighted by atomic mass is 32.1. The Hall–Kier alpha value is -1.70. The van der Waals surface area contributed by atoms with E-state index in [2.05, 4.69) is 25.9 Å². The Morgan fingerprint density at radius 2 is 2.15 bits per heavy atom. The van der Waals surface area contributed by atoms with E-state index in [0.29, 0.717) is 19.0 Å². The first-order chi connectivity index (χ1) is 9.78. The zero-order valence-electron chi connectivity index (χ0n) is 11.4. The van der Waals surface area contributed by atoms with Crippen molar-refractivity contribution >= 4 is 22.3 Å². The second kappa shape index (κ2) is 5.74. The minimum Gasteiger partial charge on any atom is -0.338 e. The molecule has 2 aromatic heterocycles. The van der Waals surface area contributed by atoms with Gasteiger partial charge in [0, 0.05) is 25.4 Å². The number of amides is 2. The predicted octanol–water partition coefficient (Wildman–Crippen LogP) is 1.31. The fourth-order valence-electron chi connectivity index (χ4n) is 1.95. The number of aromatic nitrogens is 4. The first-order valence-electron chi connectivity index (χ1n) is 7.00. The Morgan fingerprint density at radius 3 is 2.90 bits per heavy atom. The van der Waals surface area contributed by atoms with Crippen LogP contribution in [0.4, 0.5) is 4.79 Å². The Balaban J connectivity index is 1.54. The molecule has 2 aromatic rings. The lowest BCUT2D eigenvalue weighted by atomic mass is 10.4. The third kappa shape index (κ3) is 2.90. The van der Waals surface area contributed by atoms with Gasteiger partial charge in [-0.25, -0.2) is 4.79 Å². The number of hydrogen-bond acceptors (Lipinski definition) is 5. The predicted molar refractivity (Wildman–Crippen MR) is 76.0 cm³/mol. The van der Waals surface area contributed by atoms with Crippen LogP contribution in [-0.2, 0) is 6.42 Å². The fourth-order valence-corrected chi connectivity index (χ4v) is 2.79. The van der Waals surface area contributed by atoms with Gasteiger partial charge in [0.25, 0.3) is 0 Å². The smallest absolute Gasteiger partial charge is 0.314 e. The summed E-state index contributed by atoms with van der Waals surface area (Å²) < 4.78 is 1.86. The number of carbonyl (C=O) groups is 1. The molecule has 1 saturated carbocycles. The number of fused-ring (bicyclic) bond motifs is 1. The Kier molecular flexibility index (Phi) is 3.81. The highest BCUT2D eigenvalue weighted by molar-refractivity contribution is 7.16. The third-order valence-corrected chi connectivity index (χ3v) is 4.12. The van der Waals surface area contributed by atoms with Crippen molar-refractivity contribution in [2.45, 2.75) is 38.5 Å². The zero-order chi connectivity index (χ0) is 13.9. The van der Waals surface area contributed by atoms with Crippen LogP contribution in [-0.4, -0.2) is 38.9 Å². The number of nitrogens with one attached hydrogen (secondary N) is 2. The largest absolute Gasteiger partial charge is 0.338 e. The van der Waals surface area contributed by atoms with Crippen LogP contribution in [0.2, 0.25) is 0 Å². The summed E-state index contributed by atoms with van der Waals surface area (Å²) in [5, 5.41) is 19.4. The molecule has 108 valence electrons. The van der Waals surface area contributed by atoms with Crippen molar-refractivity contribution in [1.29, 1.82) is 0 Å². The second-order valence-corrected chi connectivity index (χ2v) is 6.00. The first-order valence-corrected chi connectivity index (χ1v) is 7.82. The lowest BCUT2D eigenvalue weighted by Gasteiger charge is -2.04. The van der Waals surface area contributed by atoms with Crippen molar-refractivity contribution in [1.82, 2.24) is 30.4 Å². The van der Waals surface area contributed by atoms with E-state index in [1.807, 2.05) is 11.4 Å². The minimum absolute atomic E-state index is 0.117. The molecule has 0 saturated heterocycles. The van der Waals surface area contributed by atoms with Crippen molar-refractivity contribution in [3.8, 4) is 0 Å². The maximum Gasteiger partial charge on any atom is 0.314 e. The monoisotopic (exact) mass is 294 g/mol. The summed E-state index contributed by atoms with van der Waals surface area (Å²) in [6.07, 6.45) is 4.03. The van der Waals surface area contributed by atoms with Crippen molar-refractivity contribution in [3.63, 3.8) is 0 Å². The third-order valence-electron chi connectivity index (χ3n) is 3.16. The number of rotatable bonds is 6. The fraction of sp³-hybridized carbons (Fsp3) is 0.667. The second-order valence-electron chi connectivity index (χ2n) is 4.96. The van der Waals surface area contributed by atoms with Crippen molar-refractivity contribution < 1.29 is 4.79 Å². The summed E-state index contributed by atoms with van der Waals surface area (Å²) >= 11 is 1.54. The van der Waals surface area contributed by atoms with Crippen molar-refractivity contribution in [3.05, 3.63) is 10.8 Å². The average molecular weight is 294 g/mol. The van der Waals surface area contributed by atoms with Gasteiger partial charge in [-0.15, -0.1) is 10.2 Å². The standard InChI is InChI=1S/C12H18N6OS/c1-2-6-13-11(19)14-7-5-9-17-18-10(8-3-4-8)15-16-12(18)20-9/h8H,2-7H2,1H3,(H2,13,14,19). The minimum atomic E-state index is -0.117. The molecule has 0 bridgehead atoms. The van der Waals surface area contributed by atoms with E-state index in [1.165, 1.54) is 24.2 Å². The molecule has 20 heavy (non-hydrogen) atoms. The molecule has 0 spiro atoms. The van der Waals surface area contributed by atoms with E-state index in [0.717, 1.165) is 28.6 Å². The van der Waals surface area contributed by atoms with Gasteiger partial charge in [-0.3, -0.25) is 0 Å². The maximum absolute atomic E-state index is 11.4. The lowest BCUT2D eigenvalue weighted by Crippen LogP contribution is -2.36. The number of nitrogens with zero attached hydrogens (tertiary/aromatic N) is 4. The van der Waals surface area contributed by atoms with E-state index in [1.54, 1.807) is 0 Å². The van der Waals surface area contributed by atoms with Crippen LogP contribution in [0.15, 0.2) is 0 Å². The Morgan fingerprint density at radius 1 is 1.35 bits per heavy atom. The molecule has 1 fully saturated rings. The van der Waals surface area contributed by atoms with Gasteiger partial charge >= 0.3 is 6.03 Å². The van der Waals surface area contributed by atoms with Crippen LogP contribution in [0.1, 0.15) is 42.9 Å². The average Bonchev–Trinajstić information content (AvgIpc) is 3.08. The van der Waals surface area contributed by atoms with Crippen molar-refractivity contribution in [2.75, 3.05) is 13.1 Å². The summed E-state index contributed by atoms with van der Waals surface area (Å²) in [7, 11) is 0. The molecule has 1 aliphatic carbocycles. The molecule has 8 heteroatoms. The van der Waals surface area contributed by atoms with E-state index in [-0.39, 0.29) is 6.03 Å². The SMILES string of the molecule is CCCNC(=O)NCCc1nn2c(C3CC3)nnc2s1. The number of urea groups is 1. The molecule has 2 heterocycles. The molecule has 1 aliphatic rings.